The van der Waals surface area contributed by atoms with Gasteiger partial charge < -0.3 is 14.9 Å². The van der Waals surface area contributed by atoms with Crippen LogP contribution in [0.5, 0.6) is 0 Å². The molecule has 10 aromatic rings. The summed E-state index contributed by atoms with van der Waals surface area (Å²) in [6, 6.07) is 58.3. The van der Waals surface area contributed by atoms with Gasteiger partial charge in [0.05, 0.1) is 12.2 Å². The summed E-state index contributed by atoms with van der Waals surface area (Å²) in [7, 11) is 0. The van der Waals surface area contributed by atoms with E-state index in [1.807, 2.05) is 95.7 Å². The minimum atomic E-state index is -0.369. The van der Waals surface area contributed by atoms with E-state index in [-0.39, 0.29) is 5.03 Å². The molecular weight excluding hydrogens is 1050 g/mol. The molecule has 13 heteroatoms. The number of aryl methyl sites for hydroxylation is 10. The number of nitrogens with two attached hydrogens (primary N) is 1. The monoisotopic (exact) mass is 1130 g/mol. The molecule has 0 amide bonds. The summed E-state index contributed by atoms with van der Waals surface area (Å²) in [6.07, 6.45) is 12.3. The van der Waals surface area contributed by atoms with Gasteiger partial charge in [0, 0.05) is 116 Å². The second kappa shape index (κ2) is 31.0. The van der Waals surface area contributed by atoms with Gasteiger partial charge in [0.15, 0.2) is 5.03 Å². The molecule has 3 N–H and O–H groups in total. The highest BCUT2D eigenvalue weighted by Gasteiger charge is 2.24. The number of benzene rings is 5. The van der Waals surface area contributed by atoms with Gasteiger partial charge in [-0.05, 0) is 187 Å². The number of hydrogen-bond acceptors (Lipinski definition) is 10. The van der Waals surface area contributed by atoms with Crippen LogP contribution in [0.2, 0.25) is 0 Å². The number of nitrogens with one attached hydrogen (secondary N) is 1. The summed E-state index contributed by atoms with van der Waals surface area (Å²) in [6.45, 7) is 22.5. The molecule has 438 valence electrons. The molecule has 0 aliphatic carbocycles. The Morgan fingerprint density at radius 3 is 1.53 bits per heavy atom. The summed E-state index contributed by atoms with van der Waals surface area (Å²) < 4.78 is 2.57. The van der Waals surface area contributed by atoms with Crippen molar-refractivity contribution in [1.29, 1.82) is 0 Å². The number of hydrazine groups is 2. The number of hydrogen-bond donors (Lipinski definition) is 2. The summed E-state index contributed by atoms with van der Waals surface area (Å²) in [5, 5.41) is 18.6. The van der Waals surface area contributed by atoms with Gasteiger partial charge in [-0.1, -0.05) is 124 Å². The Labute approximate surface area is 503 Å². The first-order valence-corrected chi connectivity index (χ1v) is 29.5. The number of rotatable bonds is 18. The van der Waals surface area contributed by atoms with E-state index in [1.165, 1.54) is 71.8 Å². The molecule has 85 heavy (non-hydrogen) atoms. The lowest BCUT2D eigenvalue weighted by Gasteiger charge is -2.28. The van der Waals surface area contributed by atoms with Crippen molar-refractivity contribution in [2.24, 2.45) is 5.84 Å². The highest BCUT2D eigenvalue weighted by molar-refractivity contribution is 5.86. The Morgan fingerprint density at radius 2 is 1.01 bits per heavy atom. The largest absolute Gasteiger partial charge is 0.385 e. The van der Waals surface area contributed by atoms with Crippen LogP contribution in [-0.2, 0) is 51.7 Å². The first-order valence-electron chi connectivity index (χ1n) is 29.5. The first-order chi connectivity index (χ1) is 41.1. The van der Waals surface area contributed by atoms with Gasteiger partial charge in [-0.25, -0.2) is 16.0 Å². The van der Waals surface area contributed by atoms with Crippen LogP contribution < -0.4 is 21.2 Å². The Balaban J connectivity index is 0.000000152. The number of anilines is 3. The topological polar surface area (TPSA) is 147 Å². The van der Waals surface area contributed by atoms with Crippen LogP contribution >= 0.6 is 0 Å². The molecule has 0 fully saturated rings. The Morgan fingerprint density at radius 1 is 0.529 bits per heavy atom. The van der Waals surface area contributed by atoms with Crippen LogP contribution in [0.1, 0.15) is 84.1 Å². The van der Waals surface area contributed by atoms with Gasteiger partial charge in [0.25, 0.3) is 0 Å². The molecule has 11 rings (SSSR count). The third kappa shape index (κ3) is 19.3. The quantitative estimate of drug-likeness (QED) is 0.0481. The maximum Gasteiger partial charge on any atom is 0.165 e. The minimum Gasteiger partial charge on any atom is -0.385 e. The zero-order valence-corrected chi connectivity index (χ0v) is 50.9. The molecule has 1 aliphatic heterocycles. The van der Waals surface area contributed by atoms with Gasteiger partial charge in [-0.15, -0.1) is 0 Å². The normalized spacial score (nSPS) is 11.7. The van der Waals surface area contributed by atoms with Crippen LogP contribution in [-0.4, -0.2) is 60.6 Å². The second-order valence-corrected chi connectivity index (χ2v) is 22.3. The molecule has 5 aromatic carbocycles. The SMILES string of the molecule is Cc1ccc(N(CCc2ccc(C)nc2)[N+](=O)[O-])cc1.Cc1ccc(N(N)CCc2ccc(C)nc2)cc1.Cc1ccc(NCCc2ccc(C)nc2)cc1.Cc1ccc2c(c1)c1c(n2CCc2ccc(C)nc2)CCN(Cc2ccccc2)C1. The Kier molecular flexibility index (Phi) is 22.6. The van der Waals surface area contributed by atoms with Crippen molar-refractivity contribution in [2.45, 2.75) is 107 Å². The predicted octanol–water partition coefficient (Wildman–Crippen LogP) is 14.4. The highest BCUT2D eigenvalue weighted by atomic mass is 16.7. The van der Waals surface area contributed by atoms with Gasteiger partial charge in [-0.3, -0.25) is 24.8 Å². The van der Waals surface area contributed by atoms with Crippen molar-refractivity contribution in [2.75, 3.05) is 41.5 Å². The van der Waals surface area contributed by atoms with Gasteiger partial charge >= 0.3 is 0 Å². The van der Waals surface area contributed by atoms with Crippen LogP contribution in [0.3, 0.4) is 0 Å². The first kappa shape index (κ1) is 62.0. The summed E-state index contributed by atoms with van der Waals surface area (Å²) in [5.74, 6) is 6.04. The maximum atomic E-state index is 11.2. The van der Waals surface area contributed by atoms with E-state index in [0.29, 0.717) is 18.7 Å². The number of aromatic nitrogens is 5. The van der Waals surface area contributed by atoms with E-state index in [0.717, 1.165) is 105 Å². The molecule has 0 atom stereocenters. The lowest BCUT2D eigenvalue weighted by atomic mass is 10.0. The van der Waals surface area contributed by atoms with E-state index in [9.17, 15) is 10.1 Å². The van der Waals surface area contributed by atoms with E-state index in [1.54, 1.807) is 23.3 Å². The van der Waals surface area contributed by atoms with E-state index in [4.69, 9.17) is 5.84 Å². The molecule has 6 heterocycles. The van der Waals surface area contributed by atoms with Crippen molar-refractivity contribution >= 4 is 28.0 Å². The summed E-state index contributed by atoms with van der Waals surface area (Å²) in [4.78, 5) is 31.0. The maximum absolute atomic E-state index is 11.2. The zero-order valence-electron chi connectivity index (χ0n) is 50.9. The number of nitrogens with zero attached hydrogens (tertiary/aromatic N) is 9. The highest BCUT2D eigenvalue weighted by Crippen LogP contribution is 2.33. The van der Waals surface area contributed by atoms with E-state index >= 15 is 0 Å². The van der Waals surface area contributed by atoms with Gasteiger partial charge in [0.1, 0.15) is 5.69 Å². The van der Waals surface area contributed by atoms with Crippen LogP contribution in [0.15, 0.2) is 195 Å². The lowest BCUT2D eigenvalue weighted by Crippen LogP contribution is -2.32. The third-order valence-corrected chi connectivity index (χ3v) is 15.2. The zero-order chi connectivity index (χ0) is 60.1. The molecule has 0 saturated carbocycles. The van der Waals surface area contributed by atoms with Crippen molar-refractivity contribution in [3.8, 4) is 0 Å². The average molecular weight is 1130 g/mol. The molecule has 0 saturated heterocycles. The van der Waals surface area contributed by atoms with Gasteiger partial charge in [-0.2, -0.15) is 0 Å². The number of nitro groups is 1. The molecular formula is C72H83N11O2. The predicted molar refractivity (Wildman–Crippen MR) is 350 cm³/mol. The molecule has 0 unspecified atom stereocenters. The van der Waals surface area contributed by atoms with Crippen molar-refractivity contribution < 1.29 is 5.03 Å². The van der Waals surface area contributed by atoms with Crippen LogP contribution in [0.25, 0.3) is 10.9 Å². The van der Waals surface area contributed by atoms with Crippen molar-refractivity contribution in [3.63, 3.8) is 0 Å². The van der Waals surface area contributed by atoms with E-state index < -0.39 is 0 Å². The van der Waals surface area contributed by atoms with Crippen molar-refractivity contribution in [3.05, 3.63) is 289 Å². The summed E-state index contributed by atoms with van der Waals surface area (Å²) in [5.41, 5.74) is 22.5. The minimum absolute atomic E-state index is 0.320. The fraction of sp³-hybridized carbons (Fsp3) is 0.278. The summed E-state index contributed by atoms with van der Waals surface area (Å²) >= 11 is 0. The standard InChI is InChI=1S/C27H29N3.C15H17N3O2.C15H19N3.C15H18N2/c1-20-8-11-26-24(16-20)25-19-29(18-23-6-4-3-5-7-23)14-13-27(25)30(26)15-12-22-10-9-21(2)28-17-22;1-12-3-7-15(8-4-12)17(18(19)20)10-9-14-6-5-13(2)16-11-14;1-12-3-7-15(8-4-12)18(16)10-9-14-6-5-13(2)17-11-14;1-12-3-7-15(8-4-12)16-10-9-14-6-5-13(2)17-11-14/h3-11,16-17H,12-15,18-19H2,1-2H3;3-8,11H,9-10H2,1-2H3;3-8,11H,9-10,16H2,1-2H3;3-8,11,16H,9-10H2,1-2H3. The fourth-order valence-electron chi connectivity index (χ4n) is 10.1. The third-order valence-electron chi connectivity index (χ3n) is 15.2. The molecule has 13 nitrogen and oxygen atoms in total. The van der Waals surface area contributed by atoms with Crippen molar-refractivity contribution in [1.82, 2.24) is 29.4 Å². The van der Waals surface area contributed by atoms with Gasteiger partial charge in [0.2, 0.25) is 0 Å². The molecule has 5 aromatic heterocycles. The van der Waals surface area contributed by atoms with Crippen LogP contribution in [0.4, 0.5) is 17.1 Å². The lowest BCUT2D eigenvalue weighted by molar-refractivity contribution is -0.494. The van der Waals surface area contributed by atoms with Crippen LogP contribution in [0, 0.1) is 65.5 Å². The molecule has 1 aliphatic rings. The number of fused-ring (bicyclic) bond motifs is 3. The fourth-order valence-corrected chi connectivity index (χ4v) is 10.1. The average Bonchev–Trinajstić information content (AvgIpc) is 3.62. The molecule has 0 spiro atoms. The molecule has 0 radical (unpaired) electrons. The Hall–Kier alpha value is -9.04. The Bertz CT molecular complexity index is 3580. The second-order valence-electron chi connectivity index (χ2n) is 22.3. The van der Waals surface area contributed by atoms with E-state index in [2.05, 4.69) is 171 Å². The number of pyridine rings is 4. The molecule has 0 bridgehead atoms. The smallest absolute Gasteiger partial charge is 0.165 e.